The number of halogens is 1. The Morgan fingerprint density at radius 3 is 3.19 bits per heavy atom. The molecule has 0 spiro atoms. The lowest BCUT2D eigenvalue weighted by molar-refractivity contribution is 0.109. The van der Waals surface area contributed by atoms with Gasteiger partial charge in [-0.3, -0.25) is 4.90 Å². The lowest BCUT2D eigenvalue weighted by Gasteiger charge is -2.36. The van der Waals surface area contributed by atoms with Crippen LogP contribution < -0.4 is 5.32 Å². The summed E-state index contributed by atoms with van der Waals surface area (Å²) >= 11 is 3.36. The van der Waals surface area contributed by atoms with Crippen molar-refractivity contribution in [3.05, 3.63) is 22.6 Å². The molecule has 1 N–H and O–H groups in total. The molecule has 2 aliphatic heterocycles. The average Bonchev–Trinajstić information content (AvgIpc) is 2.87. The normalized spacial score (nSPS) is 30.6. The van der Waals surface area contributed by atoms with E-state index in [1.807, 2.05) is 6.07 Å². The second-order valence-corrected chi connectivity index (χ2v) is 5.59. The van der Waals surface area contributed by atoms with Crippen LogP contribution in [-0.4, -0.2) is 30.6 Å². The Kier molecular flexibility index (Phi) is 3.05. The van der Waals surface area contributed by atoms with Crippen LogP contribution in [0.5, 0.6) is 0 Å². The fraction of sp³-hybridized carbons (Fsp3) is 0.667. The standard InChI is InChI=1S/C12H17BrN2O/c13-12-4-3-10(16-12)8-15-5-1-2-9-6-14-7-11(9)15/h3-4,9,11,14H,1-2,5-8H2. The Morgan fingerprint density at radius 1 is 1.44 bits per heavy atom. The minimum Gasteiger partial charge on any atom is -0.453 e. The zero-order valence-electron chi connectivity index (χ0n) is 9.29. The molecule has 2 fully saturated rings. The SMILES string of the molecule is Brc1ccc(CN2CCCC3CNCC32)o1. The van der Waals surface area contributed by atoms with Crippen LogP contribution >= 0.6 is 15.9 Å². The van der Waals surface area contributed by atoms with Gasteiger partial charge in [-0.05, 0) is 59.9 Å². The van der Waals surface area contributed by atoms with Crippen LogP contribution in [0.25, 0.3) is 0 Å². The second-order valence-electron chi connectivity index (χ2n) is 4.80. The number of fused-ring (bicyclic) bond motifs is 1. The molecule has 2 aliphatic rings. The zero-order valence-corrected chi connectivity index (χ0v) is 10.9. The molecule has 1 aromatic rings. The van der Waals surface area contributed by atoms with Crippen LogP contribution in [0.1, 0.15) is 18.6 Å². The third kappa shape index (κ3) is 2.06. The van der Waals surface area contributed by atoms with Gasteiger partial charge in [0, 0.05) is 12.6 Å². The van der Waals surface area contributed by atoms with Gasteiger partial charge < -0.3 is 9.73 Å². The highest BCUT2D eigenvalue weighted by atomic mass is 79.9. The van der Waals surface area contributed by atoms with Crippen molar-refractivity contribution in [2.45, 2.75) is 25.4 Å². The molecule has 3 rings (SSSR count). The minimum absolute atomic E-state index is 0.720. The summed E-state index contributed by atoms with van der Waals surface area (Å²) < 4.78 is 6.42. The Labute approximate surface area is 104 Å². The third-order valence-corrected chi connectivity index (χ3v) is 4.21. The average molecular weight is 285 g/mol. The van der Waals surface area contributed by atoms with Crippen molar-refractivity contribution in [2.75, 3.05) is 19.6 Å². The Morgan fingerprint density at radius 2 is 2.38 bits per heavy atom. The Hall–Kier alpha value is -0.320. The summed E-state index contributed by atoms with van der Waals surface area (Å²) in [5.74, 6) is 1.92. The second kappa shape index (κ2) is 4.51. The van der Waals surface area contributed by atoms with Crippen LogP contribution in [-0.2, 0) is 6.54 Å². The van der Waals surface area contributed by atoms with E-state index in [2.05, 4.69) is 32.2 Å². The molecule has 3 heterocycles. The summed E-state index contributed by atoms with van der Waals surface area (Å²) in [6, 6.07) is 4.76. The first-order valence-electron chi connectivity index (χ1n) is 6.02. The van der Waals surface area contributed by atoms with Gasteiger partial charge >= 0.3 is 0 Å². The molecule has 0 aromatic carbocycles. The van der Waals surface area contributed by atoms with Gasteiger partial charge in [-0.25, -0.2) is 0 Å². The lowest BCUT2D eigenvalue weighted by Crippen LogP contribution is -2.44. The number of hydrogen-bond acceptors (Lipinski definition) is 3. The molecule has 1 aromatic heterocycles. The van der Waals surface area contributed by atoms with E-state index in [-0.39, 0.29) is 0 Å². The summed E-state index contributed by atoms with van der Waals surface area (Å²) in [5, 5.41) is 3.50. The monoisotopic (exact) mass is 284 g/mol. The molecule has 3 nitrogen and oxygen atoms in total. The van der Waals surface area contributed by atoms with Gasteiger partial charge in [-0.15, -0.1) is 0 Å². The number of piperidine rings is 1. The van der Waals surface area contributed by atoms with Crippen molar-refractivity contribution in [1.29, 1.82) is 0 Å². The first-order valence-corrected chi connectivity index (χ1v) is 6.81. The fourth-order valence-corrected chi connectivity index (χ4v) is 3.34. The predicted octanol–water partition coefficient (Wildman–Crippen LogP) is 2.23. The highest BCUT2D eigenvalue weighted by molar-refractivity contribution is 9.10. The number of likely N-dealkylation sites (tertiary alicyclic amines) is 1. The highest BCUT2D eigenvalue weighted by Gasteiger charge is 2.34. The quantitative estimate of drug-likeness (QED) is 0.903. The largest absolute Gasteiger partial charge is 0.453 e. The number of hydrogen-bond donors (Lipinski definition) is 1. The molecule has 0 bridgehead atoms. The van der Waals surface area contributed by atoms with Gasteiger partial charge in [0.2, 0.25) is 0 Å². The van der Waals surface area contributed by atoms with E-state index >= 15 is 0 Å². The van der Waals surface area contributed by atoms with Crippen LogP contribution in [0.15, 0.2) is 21.2 Å². The van der Waals surface area contributed by atoms with E-state index < -0.39 is 0 Å². The van der Waals surface area contributed by atoms with Crippen LogP contribution in [0.2, 0.25) is 0 Å². The summed E-state index contributed by atoms with van der Waals surface area (Å²) in [4.78, 5) is 2.57. The van der Waals surface area contributed by atoms with Gasteiger partial charge in [0.15, 0.2) is 4.67 Å². The highest BCUT2D eigenvalue weighted by Crippen LogP contribution is 2.28. The number of nitrogens with one attached hydrogen (secondary N) is 1. The molecular weight excluding hydrogens is 268 g/mol. The van der Waals surface area contributed by atoms with E-state index in [1.54, 1.807) is 0 Å². The maximum Gasteiger partial charge on any atom is 0.169 e. The lowest BCUT2D eigenvalue weighted by atomic mass is 9.92. The van der Waals surface area contributed by atoms with Crippen molar-refractivity contribution in [1.82, 2.24) is 10.2 Å². The van der Waals surface area contributed by atoms with Crippen LogP contribution in [0, 0.1) is 5.92 Å². The van der Waals surface area contributed by atoms with E-state index in [0.717, 1.165) is 35.5 Å². The molecule has 2 atom stereocenters. The molecule has 0 radical (unpaired) electrons. The molecule has 0 amide bonds. The molecule has 2 saturated heterocycles. The van der Waals surface area contributed by atoms with Gasteiger partial charge in [0.25, 0.3) is 0 Å². The number of nitrogens with zero attached hydrogens (tertiary/aromatic N) is 1. The molecule has 0 aliphatic carbocycles. The van der Waals surface area contributed by atoms with E-state index in [1.165, 1.54) is 25.9 Å². The first-order chi connectivity index (χ1) is 7.83. The van der Waals surface area contributed by atoms with Crippen molar-refractivity contribution in [3.8, 4) is 0 Å². The molecule has 2 unspecified atom stereocenters. The maximum atomic E-state index is 5.59. The molecule has 88 valence electrons. The Bertz CT molecular complexity index is 366. The van der Waals surface area contributed by atoms with Gasteiger partial charge in [-0.1, -0.05) is 0 Å². The molecule has 16 heavy (non-hydrogen) atoms. The van der Waals surface area contributed by atoms with Gasteiger partial charge in [0.1, 0.15) is 5.76 Å². The van der Waals surface area contributed by atoms with Crippen molar-refractivity contribution in [3.63, 3.8) is 0 Å². The number of rotatable bonds is 2. The summed E-state index contributed by atoms with van der Waals surface area (Å²) in [7, 11) is 0. The van der Waals surface area contributed by atoms with Gasteiger partial charge in [-0.2, -0.15) is 0 Å². The van der Waals surface area contributed by atoms with Crippen LogP contribution in [0.4, 0.5) is 0 Å². The zero-order chi connectivity index (χ0) is 11.0. The van der Waals surface area contributed by atoms with Crippen molar-refractivity contribution < 1.29 is 4.42 Å². The molecule has 4 heteroatoms. The smallest absolute Gasteiger partial charge is 0.169 e. The topological polar surface area (TPSA) is 28.4 Å². The summed E-state index contributed by atoms with van der Waals surface area (Å²) in [6.45, 7) is 4.51. The number of furan rings is 1. The van der Waals surface area contributed by atoms with Gasteiger partial charge in [0.05, 0.1) is 6.54 Å². The van der Waals surface area contributed by atoms with E-state index in [0.29, 0.717) is 0 Å². The fourth-order valence-electron chi connectivity index (χ4n) is 3.00. The Balaban J connectivity index is 1.69. The predicted molar refractivity (Wildman–Crippen MR) is 66.2 cm³/mol. The van der Waals surface area contributed by atoms with E-state index in [4.69, 9.17) is 4.42 Å². The molecular formula is C12H17BrN2O. The van der Waals surface area contributed by atoms with E-state index in [9.17, 15) is 0 Å². The van der Waals surface area contributed by atoms with Crippen molar-refractivity contribution >= 4 is 15.9 Å². The summed E-state index contributed by atoms with van der Waals surface area (Å²) in [5.41, 5.74) is 0. The third-order valence-electron chi connectivity index (χ3n) is 3.78. The maximum absolute atomic E-state index is 5.59. The first kappa shape index (κ1) is 10.8. The molecule has 0 saturated carbocycles. The van der Waals surface area contributed by atoms with Crippen LogP contribution in [0.3, 0.4) is 0 Å². The summed E-state index contributed by atoms with van der Waals surface area (Å²) in [6.07, 6.45) is 2.71. The van der Waals surface area contributed by atoms with Crippen molar-refractivity contribution in [2.24, 2.45) is 5.92 Å². The minimum atomic E-state index is 0.720.